The maximum atomic E-state index is 13.9. The van der Waals surface area contributed by atoms with Crippen LogP contribution in [-0.2, 0) is 26.2 Å². The van der Waals surface area contributed by atoms with Crippen LogP contribution in [0.4, 0.5) is 5.69 Å². The van der Waals surface area contributed by atoms with Gasteiger partial charge >= 0.3 is 0 Å². The van der Waals surface area contributed by atoms with E-state index in [0.29, 0.717) is 15.6 Å². The van der Waals surface area contributed by atoms with Crippen LogP contribution in [0.2, 0.25) is 20.1 Å². The van der Waals surface area contributed by atoms with Crippen LogP contribution in [0.5, 0.6) is 0 Å². The van der Waals surface area contributed by atoms with E-state index in [4.69, 9.17) is 46.4 Å². The van der Waals surface area contributed by atoms with Crippen LogP contribution < -0.4 is 9.62 Å². The van der Waals surface area contributed by atoms with Gasteiger partial charge in [-0.25, -0.2) is 8.42 Å². The monoisotopic (exact) mass is 615 g/mol. The number of likely N-dealkylation sites (N-methyl/N-ethyl adjacent to an activating group) is 1. The molecule has 3 aromatic carbocycles. The zero-order chi connectivity index (χ0) is 28.0. The minimum Gasteiger partial charge on any atom is -0.357 e. The molecule has 0 spiro atoms. The minimum atomic E-state index is -4.25. The van der Waals surface area contributed by atoms with Gasteiger partial charge in [-0.05, 0) is 48.9 Å². The molecular formula is C26H25Cl4N3O4S. The van der Waals surface area contributed by atoms with Crippen molar-refractivity contribution in [1.29, 1.82) is 0 Å². The van der Waals surface area contributed by atoms with Crippen molar-refractivity contribution in [2.45, 2.75) is 30.8 Å². The topological polar surface area (TPSA) is 86.8 Å². The number of carbonyl (C=O) groups excluding carboxylic acids is 2. The molecule has 0 aliphatic heterocycles. The number of halogens is 4. The molecule has 0 aromatic heterocycles. The second-order valence-electron chi connectivity index (χ2n) is 8.21. The van der Waals surface area contributed by atoms with Gasteiger partial charge in [-0.1, -0.05) is 77.6 Å². The molecule has 0 heterocycles. The van der Waals surface area contributed by atoms with Gasteiger partial charge < -0.3 is 10.2 Å². The Hall–Kier alpha value is -2.49. The van der Waals surface area contributed by atoms with E-state index < -0.39 is 34.4 Å². The predicted molar refractivity (Wildman–Crippen MR) is 153 cm³/mol. The molecule has 0 aliphatic carbocycles. The van der Waals surface area contributed by atoms with E-state index in [1.807, 2.05) is 0 Å². The third kappa shape index (κ3) is 6.93. The number of hydrogen-bond acceptors (Lipinski definition) is 4. The first-order valence-electron chi connectivity index (χ1n) is 11.5. The maximum Gasteiger partial charge on any atom is 0.264 e. The van der Waals surface area contributed by atoms with Crippen LogP contribution in [0, 0.1) is 0 Å². The van der Waals surface area contributed by atoms with Crippen LogP contribution in [0.15, 0.2) is 71.6 Å². The summed E-state index contributed by atoms with van der Waals surface area (Å²) in [7, 11) is -2.79. The Kier molecular flexibility index (Phi) is 10.3. The number of sulfonamides is 1. The van der Waals surface area contributed by atoms with Crippen LogP contribution in [-0.4, -0.2) is 44.8 Å². The highest BCUT2D eigenvalue weighted by molar-refractivity contribution is 7.92. The molecule has 2 amide bonds. The summed E-state index contributed by atoms with van der Waals surface area (Å²) in [6.07, 6.45) is 0.252. The Morgan fingerprint density at radius 1 is 0.895 bits per heavy atom. The van der Waals surface area contributed by atoms with E-state index in [0.717, 1.165) is 4.31 Å². The molecule has 0 bridgehead atoms. The van der Waals surface area contributed by atoms with Gasteiger partial charge in [-0.15, -0.1) is 0 Å². The summed E-state index contributed by atoms with van der Waals surface area (Å²) >= 11 is 25.1. The summed E-state index contributed by atoms with van der Waals surface area (Å²) in [6.45, 7) is 0.964. The van der Waals surface area contributed by atoms with E-state index in [9.17, 15) is 18.0 Å². The van der Waals surface area contributed by atoms with Crippen molar-refractivity contribution < 1.29 is 18.0 Å². The fourth-order valence-electron chi connectivity index (χ4n) is 3.87. The zero-order valence-corrected chi connectivity index (χ0v) is 24.3. The van der Waals surface area contributed by atoms with Gasteiger partial charge in [0.25, 0.3) is 10.0 Å². The number of anilines is 1. The van der Waals surface area contributed by atoms with Crippen molar-refractivity contribution >= 4 is 73.9 Å². The number of nitrogens with zero attached hydrogens (tertiary/aromatic N) is 2. The van der Waals surface area contributed by atoms with Crippen molar-refractivity contribution in [3.8, 4) is 0 Å². The Morgan fingerprint density at radius 2 is 1.47 bits per heavy atom. The van der Waals surface area contributed by atoms with Crippen LogP contribution >= 0.6 is 46.4 Å². The lowest BCUT2D eigenvalue weighted by atomic mass is 10.1. The normalized spacial score (nSPS) is 12.1. The predicted octanol–water partition coefficient (Wildman–Crippen LogP) is 6.05. The van der Waals surface area contributed by atoms with Crippen LogP contribution in [0.1, 0.15) is 18.9 Å². The first-order valence-corrected chi connectivity index (χ1v) is 14.4. The summed E-state index contributed by atoms with van der Waals surface area (Å²) in [4.78, 5) is 27.9. The number of hydrogen-bond donors (Lipinski definition) is 1. The summed E-state index contributed by atoms with van der Waals surface area (Å²) < 4.78 is 28.4. The number of amides is 2. The van der Waals surface area contributed by atoms with Gasteiger partial charge in [0.15, 0.2) is 0 Å². The minimum absolute atomic E-state index is 0.0389. The van der Waals surface area contributed by atoms with Gasteiger partial charge in [-0.3, -0.25) is 13.9 Å². The number of benzene rings is 3. The Morgan fingerprint density at radius 3 is 2.00 bits per heavy atom. The molecule has 1 atom stereocenters. The SMILES string of the molecule is CC[C@H](C(=O)NC)N(Cc1c(Cl)cccc1Cl)C(=O)CN(c1cc(Cl)cc(Cl)c1)S(=O)(=O)c1ccccc1. The molecule has 0 fully saturated rings. The van der Waals surface area contributed by atoms with E-state index in [1.165, 1.54) is 42.3 Å². The van der Waals surface area contributed by atoms with E-state index in [1.54, 1.807) is 43.3 Å². The molecule has 202 valence electrons. The van der Waals surface area contributed by atoms with Gasteiger partial charge in [0, 0.05) is 39.2 Å². The number of nitrogens with one attached hydrogen (secondary N) is 1. The lowest BCUT2D eigenvalue weighted by Crippen LogP contribution is -2.51. The van der Waals surface area contributed by atoms with E-state index >= 15 is 0 Å². The third-order valence-corrected chi connectivity index (χ3v) is 8.70. The van der Waals surface area contributed by atoms with Crippen LogP contribution in [0.3, 0.4) is 0 Å². The first-order chi connectivity index (χ1) is 18.0. The second-order valence-corrected chi connectivity index (χ2v) is 11.8. The third-order valence-electron chi connectivity index (χ3n) is 5.77. The van der Waals surface area contributed by atoms with Gasteiger partial charge in [0.1, 0.15) is 12.6 Å². The van der Waals surface area contributed by atoms with Crippen molar-refractivity contribution in [2.24, 2.45) is 0 Å². The van der Waals surface area contributed by atoms with Crippen molar-refractivity contribution in [2.75, 3.05) is 17.9 Å². The molecule has 0 radical (unpaired) electrons. The highest BCUT2D eigenvalue weighted by atomic mass is 35.5. The standard InChI is InChI=1S/C26H25Cl4N3O4S/c1-3-24(26(35)31-2)32(15-21-22(29)10-7-11-23(21)30)25(34)16-33(19-13-17(27)12-18(28)14-19)38(36,37)20-8-5-4-6-9-20/h4-14,24H,3,15-16H2,1-2H3,(H,31,35)/t24-/m1/s1. The Labute approximate surface area is 242 Å². The molecule has 1 N–H and O–H groups in total. The Balaban J connectivity index is 2.12. The average molecular weight is 617 g/mol. The molecule has 3 aromatic rings. The van der Waals surface area contributed by atoms with E-state index in [2.05, 4.69) is 5.32 Å². The molecular weight excluding hydrogens is 592 g/mol. The fraction of sp³-hybridized carbons (Fsp3) is 0.231. The molecule has 0 saturated carbocycles. The molecule has 12 heteroatoms. The maximum absolute atomic E-state index is 13.9. The Bertz CT molecular complexity index is 1380. The second kappa shape index (κ2) is 13.0. The number of carbonyl (C=O) groups is 2. The summed E-state index contributed by atoms with van der Waals surface area (Å²) in [6, 6.07) is 15.9. The molecule has 0 unspecified atom stereocenters. The number of rotatable bonds is 10. The summed E-state index contributed by atoms with van der Waals surface area (Å²) in [5, 5.41) is 3.53. The van der Waals surface area contributed by atoms with Gasteiger partial charge in [-0.2, -0.15) is 0 Å². The van der Waals surface area contributed by atoms with Crippen molar-refractivity contribution in [3.63, 3.8) is 0 Å². The van der Waals surface area contributed by atoms with Gasteiger partial charge in [0.2, 0.25) is 11.8 Å². The lowest BCUT2D eigenvalue weighted by Gasteiger charge is -2.33. The molecule has 7 nitrogen and oxygen atoms in total. The fourth-order valence-corrected chi connectivity index (χ4v) is 6.32. The van der Waals surface area contributed by atoms with Gasteiger partial charge in [0.05, 0.1) is 10.6 Å². The average Bonchev–Trinajstić information content (AvgIpc) is 2.88. The smallest absolute Gasteiger partial charge is 0.264 e. The molecule has 3 rings (SSSR count). The molecule has 38 heavy (non-hydrogen) atoms. The highest BCUT2D eigenvalue weighted by Crippen LogP contribution is 2.31. The summed E-state index contributed by atoms with van der Waals surface area (Å²) in [5.41, 5.74) is 0.512. The first kappa shape index (κ1) is 30.1. The highest BCUT2D eigenvalue weighted by Gasteiger charge is 2.34. The largest absolute Gasteiger partial charge is 0.357 e. The quantitative estimate of drug-likeness (QED) is 0.300. The van der Waals surface area contributed by atoms with Crippen molar-refractivity contribution in [1.82, 2.24) is 10.2 Å². The lowest BCUT2D eigenvalue weighted by molar-refractivity contribution is -0.140. The molecule has 0 aliphatic rings. The zero-order valence-electron chi connectivity index (χ0n) is 20.5. The molecule has 0 saturated heterocycles. The van der Waals surface area contributed by atoms with Crippen LogP contribution in [0.25, 0.3) is 0 Å². The summed E-state index contributed by atoms with van der Waals surface area (Å²) in [5.74, 6) is -1.08. The van der Waals surface area contributed by atoms with Crippen molar-refractivity contribution in [3.05, 3.63) is 92.4 Å². The van der Waals surface area contributed by atoms with E-state index in [-0.39, 0.29) is 33.6 Å².